The summed E-state index contributed by atoms with van der Waals surface area (Å²) < 4.78 is 0. The van der Waals surface area contributed by atoms with Crippen LogP contribution < -0.4 is 0 Å². The van der Waals surface area contributed by atoms with Crippen LogP contribution in [-0.4, -0.2) is 0 Å². The van der Waals surface area contributed by atoms with E-state index in [9.17, 15) is 0 Å². The highest BCUT2D eigenvalue weighted by molar-refractivity contribution is 9.23. The van der Waals surface area contributed by atoms with Gasteiger partial charge in [0.2, 0.25) is 0 Å². The van der Waals surface area contributed by atoms with Gasteiger partial charge in [-0.1, -0.05) is 8.93 Å². The Morgan fingerprint density at radius 1 is 0.667 bits per heavy atom. The fourth-order valence-corrected chi connectivity index (χ4v) is 79.3. The maximum absolute atomic E-state index is 4.67. The number of hydrogen-bond acceptors (Lipinski definition) is 0. The van der Waals surface area contributed by atoms with Gasteiger partial charge in [-0.05, 0) is 112 Å². The van der Waals surface area contributed by atoms with E-state index < -0.39 is 41.9 Å². The summed E-state index contributed by atoms with van der Waals surface area (Å²) in [5.41, 5.74) is 0. The van der Waals surface area contributed by atoms with Crippen LogP contribution in [0.4, 0.5) is 0 Å². The second-order valence-corrected chi connectivity index (χ2v) is 46.2. The lowest BCUT2D eigenvalue weighted by molar-refractivity contribution is 4.62. The highest BCUT2D eigenvalue weighted by Gasteiger charge is 2.31. The Morgan fingerprint density at radius 2 is 1.07 bits per heavy atom. The van der Waals surface area contributed by atoms with Crippen molar-refractivity contribution in [2.45, 2.75) is 0 Å². The third-order valence-corrected chi connectivity index (χ3v) is 72.0. The van der Waals surface area contributed by atoms with E-state index in [1.165, 1.54) is 0 Å². The maximum Gasteiger partial charge on any atom is -0.0000000000000000137 e. The standard InChI is InChI=1S/HP15/c1-9-11(4)13(6)15(8)14(7)12(5)10(2)3/h1H. The zero-order valence-electron chi connectivity index (χ0n) is 6.76. The summed E-state index contributed by atoms with van der Waals surface area (Å²) in [6, 6.07) is 0. The van der Waals surface area contributed by atoms with Gasteiger partial charge >= 0.3 is 0 Å². The van der Waals surface area contributed by atoms with Crippen molar-refractivity contribution in [3.05, 3.63) is 0 Å². The second-order valence-electron chi connectivity index (χ2n) is 1.71. The van der Waals surface area contributed by atoms with Crippen molar-refractivity contribution in [1.29, 1.82) is 0 Å². The molecule has 0 saturated heterocycles. The molecule has 0 rings (SSSR count). The highest BCUT2D eigenvalue weighted by atomic mass is 33.3. The smallest absolute Gasteiger partial charge is 0.0000000000000000137 e. The van der Waals surface area contributed by atoms with E-state index in [0.29, 0.717) is 0 Å². The van der Waals surface area contributed by atoms with Gasteiger partial charge in [-0.15, -0.1) is 0 Å². The van der Waals surface area contributed by atoms with Crippen LogP contribution in [0.25, 0.3) is 0 Å². The van der Waals surface area contributed by atoms with Crippen LogP contribution in [0.3, 0.4) is 0 Å². The average molecular weight is 466 g/mol. The Balaban J connectivity index is 4.36. The van der Waals surface area contributed by atoms with E-state index in [-0.39, 0.29) is 0 Å². The predicted molar refractivity (Wildman–Crippen MR) is 105 cm³/mol. The molecule has 0 aromatic carbocycles. The molecule has 15 heavy (non-hydrogen) atoms. The number of rotatable bonds is 6. The molecule has 16 radical (unpaired) electrons. The van der Waals surface area contributed by atoms with Crippen LogP contribution in [0, 0.1) is 0 Å². The maximum atomic E-state index is 4.67. The monoisotopic (exact) mass is 466 g/mol. The second kappa shape index (κ2) is 11.9. The molecule has 0 bridgehead atoms. The summed E-state index contributed by atoms with van der Waals surface area (Å²) in [6.07, 6.45) is 0. The lowest BCUT2D eigenvalue weighted by Crippen LogP contribution is -1.44. The van der Waals surface area contributed by atoms with Crippen LogP contribution in [0.1, 0.15) is 0 Å². The van der Waals surface area contributed by atoms with Crippen LogP contribution in [-0.2, 0) is 0 Å². The fourth-order valence-electron chi connectivity index (χ4n) is 0.326. The molecule has 0 aromatic heterocycles. The van der Waals surface area contributed by atoms with Gasteiger partial charge in [-0.2, -0.15) is 0 Å². The first-order valence-electron chi connectivity index (χ1n) is 2.82. The molecule has 0 heterocycles. The molecule has 0 aliphatic rings. The largest absolute Gasteiger partial charge is 0.0581 e. The minimum Gasteiger partial charge on any atom is -0.0581 e. The summed E-state index contributed by atoms with van der Waals surface area (Å²) in [4.78, 5) is 0. The van der Waals surface area contributed by atoms with E-state index in [0.717, 1.165) is 7.96 Å². The quantitative estimate of drug-likeness (QED) is 0.342. The Bertz CT molecular complexity index is 159. The van der Waals surface area contributed by atoms with E-state index in [2.05, 4.69) is 71.4 Å². The summed E-state index contributed by atoms with van der Waals surface area (Å²) in [6.45, 7) is -2.93. The van der Waals surface area contributed by atoms with Gasteiger partial charge in [-0.25, -0.2) is 0 Å². The van der Waals surface area contributed by atoms with Crippen molar-refractivity contribution >= 4 is 121 Å². The SMILES string of the molecule is [P]P([P])P([P])P([P])P([P])P([P])P([P])[P][PH]. The van der Waals surface area contributed by atoms with Crippen molar-refractivity contribution < 1.29 is 0 Å². The molecule has 15 heteroatoms. The van der Waals surface area contributed by atoms with Crippen LogP contribution in [0.15, 0.2) is 0 Å². The van der Waals surface area contributed by atoms with Crippen molar-refractivity contribution in [3.8, 4) is 0 Å². The van der Waals surface area contributed by atoms with Crippen LogP contribution >= 0.6 is 121 Å². The molecule has 0 fully saturated rings. The molecule has 0 saturated carbocycles. The third-order valence-electron chi connectivity index (χ3n) is 0.889. The first-order valence-corrected chi connectivity index (χ1v) is 25.4. The van der Waals surface area contributed by atoms with Crippen molar-refractivity contribution in [3.63, 3.8) is 0 Å². The number of hydrogen-bond donors (Lipinski definition) is 0. The average Bonchev–Trinajstić information content (AvgIpc) is 2.23. The lowest BCUT2D eigenvalue weighted by Gasteiger charge is -2.30. The molecule has 0 amide bonds. The van der Waals surface area contributed by atoms with Crippen molar-refractivity contribution in [2.75, 3.05) is 0 Å². The first kappa shape index (κ1) is 21.4. The first-order chi connectivity index (χ1) is 6.82. The van der Waals surface area contributed by atoms with Gasteiger partial charge < -0.3 is 0 Å². The Labute approximate surface area is 120 Å². The minimum atomic E-state index is -0.600. The summed E-state index contributed by atoms with van der Waals surface area (Å²) in [5.74, 6) is 0. The summed E-state index contributed by atoms with van der Waals surface area (Å²) >= 11 is 0. The summed E-state index contributed by atoms with van der Waals surface area (Å²) in [7, 11) is 36.3. The Hall–Kier alpha value is 6.45. The molecule has 76 valence electrons. The molecule has 0 nitrogen and oxygen atoms in total. The van der Waals surface area contributed by atoms with Crippen LogP contribution in [0.2, 0.25) is 0 Å². The van der Waals surface area contributed by atoms with Crippen molar-refractivity contribution in [1.82, 2.24) is 0 Å². The van der Waals surface area contributed by atoms with Crippen LogP contribution in [0.5, 0.6) is 0 Å². The van der Waals surface area contributed by atoms with Gasteiger partial charge in [0.05, 0.1) is 0 Å². The lowest BCUT2D eigenvalue weighted by atomic mass is 28.7. The van der Waals surface area contributed by atoms with E-state index >= 15 is 0 Å². The van der Waals surface area contributed by atoms with E-state index in [1.807, 2.05) is 0 Å². The molecule has 0 aromatic rings. The molecular weight excluding hydrogens is 465 g/mol. The molecule has 5 unspecified atom stereocenters. The van der Waals surface area contributed by atoms with Gasteiger partial charge in [-0.3, -0.25) is 0 Å². The molecular formula is HP15. The molecule has 0 spiro atoms. The van der Waals surface area contributed by atoms with E-state index in [4.69, 9.17) is 0 Å². The fraction of sp³-hybridized carbons (Fsp3) is 0. The predicted octanol–water partition coefficient (Wildman–Crippen LogP) is 12.7. The molecule has 0 N–H and O–H groups in total. The molecule has 0 aliphatic carbocycles. The van der Waals surface area contributed by atoms with Gasteiger partial charge in [0, 0.05) is 0 Å². The zero-order valence-corrected chi connectivity index (χ0v) is 20.3. The normalized spacial score (nSPS) is 23.0. The highest BCUT2D eigenvalue weighted by Crippen LogP contribution is 3.17. The Morgan fingerprint density at radius 3 is 1.40 bits per heavy atom. The zero-order chi connectivity index (χ0) is 12.2. The van der Waals surface area contributed by atoms with E-state index in [1.54, 1.807) is 0 Å². The minimum absolute atomic E-state index is 0.393. The van der Waals surface area contributed by atoms with Gasteiger partial charge in [0.25, 0.3) is 0 Å². The molecule has 0 aliphatic heterocycles. The van der Waals surface area contributed by atoms with Gasteiger partial charge in [0.1, 0.15) is 0 Å². The van der Waals surface area contributed by atoms with Gasteiger partial charge in [0.15, 0.2) is 0 Å². The van der Waals surface area contributed by atoms with Crippen molar-refractivity contribution in [2.24, 2.45) is 0 Å². The topological polar surface area (TPSA) is 0 Å². The Kier molecular flexibility index (Phi) is 17.1. The molecule has 5 atom stereocenters. The third kappa shape index (κ3) is 8.60. The summed E-state index contributed by atoms with van der Waals surface area (Å²) in [5, 5.41) is 0.